The molecule has 0 radical (unpaired) electrons. The lowest BCUT2D eigenvalue weighted by atomic mass is 9.98. The van der Waals surface area contributed by atoms with E-state index < -0.39 is 23.5 Å². The Bertz CT molecular complexity index is 1600. The number of hydrogen-bond donors (Lipinski definition) is 0. The van der Waals surface area contributed by atoms with Gasteiger partial charge in [-0.2, -0.15) is 9.67 Å². The average Bonchev–Trinajstić information content (AvgIpc) is 3.34. The Morgan fingerprint density at radius 3 is 2.30 bits per heavy atom. The Hall–Kier alpha value is -4.01. The van der Waals surface area contributed by atoms with Crippen LogP contribution in [0.2, 0.25) is 10.0 Å². The number of pyridine rings is 1. The van der Waals surface area contributed by atoms with Crippen molar-refractivity contribution in [2.45, 2.75) is 19.8 Å². The Kier molecular flexibility index (Phi) is 6.31. The first-order chi connectivity index (χ1) is 17.7. The van der Waals surface area contributed by atoms with Crippen LogP contribution in [-0.2, 0) is 9.59 Å². The molecular formula is C27H19Cl2FN4O3. The first-order valence-corrected chi connectivity index (χ1v) is 12.1. The highest BCUT2D eigenvalue weighted by atomic mass is 35.5. The molecule has 0 bridgehead atoms. The highest BCUT2D eigenvalue weighted by molar-refractivity contribution is 6.53. The van der Waals surface area contributed by atoms with E-state index >= 15 is 0 Å². The van der Waals surface area contributed by atoms with Crippen molar-refractivity contribution in [2.24, 2.45) is 0 Å². The Morgan fingerprint density at radius 1 is 0.946 bits per heavy atom. The summed E-state index contributed by atoms with van der Waals surface area (Å²) in [4.78, 5) is 28.3. The van der Waals surface area contributed by atoms with E-state index in [4.69, 9.17) is 23.2 Å². The number of nitrogens with zero attached hydrogens (tertiary/aromatic N) is 4. The molecule has 0 aliphatic carbocycles. The molecule has 1 aliphatic heterocycles. The van der Waals surface area contributed by atoms with Gasteiger partial charge in [0.05, 0.1) is 27.1 Å². The highest BCUT2D eigenvalue weighted by Crippen LogP contribution is 2.41. The maximum atomic E-state index is 14.8. The van der Waals surface area contributed by atoms with Gasteiger partial charge in [-0.3, -0.25) is 9.59 Å². The summed E-state index contributed by atoms with van der Waals surface area (Å²) < 4.78 is 17.3. The van der Waals surface area contributed by atoms with Crippen LogP contribution < -0.4 is 14.6 Å². The molecule has 0 fully saturated rings. The van der Waals surface area contributed by atoms with E-state index in [-0.39, 0.29) is 33.5 Å². The Morgan fingerprint density at radius 2 is 1.65 bits per heavy atom. The minimum Gasteiger partial charge on any atom is -0.858 e. The van der Waals surface area contributed by atoms with Gasteiger partial charge < -0.3 is 5.11 Å². The van der Waals surface area contributed by atoms with Crippen LogP contribution in [0.1, 0.15) is 31.0 Å². The van der Waals surface area contributed by atoms with E-state index in [0.717, 1.165) is 15.6 Å². The van der Waals surface area contributed by atoms with Crippen molar-refractivity contribution in [2.75, 3.05) is 4.90 Å². The molecule has 0 unspecified atom stereocenters. The molecule has 1 aliphatic rings. The van der Waals surface area contributed by atoms with Gasteiger partial charge in [-0.15, -0.1) is 0 Å². The predicted molar refractivity (Wildman–Crippen MR) is 136 cm³/mol. The number of anilines is 1. The van der Waals surface area contributed by atoms with Crippen LogP contribution in [0.25, 0.3) is 17.0 Å². The molecular weight excluding hydrogens is 518 g/mol. The number of imide groups is 1. The van der Waals surface area contributed by atoms with Crippen LogP contribution >= 0.6 is 23.2 Å². The van der Waals surface area contributed by atoms with Gasteiger partial charge in [0.15, 0.2) is 12.4 Å². The molecule has 2 aromatic carbocycles. The summed E-state index contributed by atoms with van der Waals surface area (Å²) in [7, 11) is 0. The third-order valence-corrected chi connectivity index (χ3v) is 6.68. The van der Waals surface area contributed by atoms with Crippen molar-refractivity contribution in [3.05, 3.63) is 100 Å². The zero-order chi connectivity index (χ0) is 26.4. The van der Waals surface area contributed by atoms with Crippen molar-refractivity contribution >= 4 is 52.0 Å². The normalized spacial score (nSPS) is 13.8. The number of carbonyl (C=O) groups excluding carboxylic acids is 2. The monoisotopic (exact) mass is 536 g/mol. The Balaban J connectivity index is 1.80. The van der Waals surface area contributed by atoms with Crippen LogP contribution in [0.15, 0.2) is 73.1 Å². The van der Waals surface area contributed by atoms with E-state index in [9.17, 15) is 19.1 Å². The van der Waals surface area contributed by atoms with Crippen molar-refractivity contribution in [3.63, 3.8) is 0 Å². The summed E-state index contributed by atoms with van der Waals surface area (Å²) in [5.74, 6) is -3.26. The van der Waals surface area contributed by atoms with Crippen LogP contribution in [0.5, 0.6) is 5.88 Å². The van der Waals surface area contributed by atoms with E-state index in [1.54, 1.807) is 36.7 Å². The Labute approximate surface area is 221 Å². The van der Waals surface area contributed by atoms with Gasteiger partial charge in [-0.05, 0) is 42.1 Å². The van der Waals surface area contributed by atoms with E-state index in [2.05, 4.69) is 5.10 Å². The summed E-state index contributed by atoms with van der Waals surface area (Å²) >= 11 is 12.2. The van der Waals surface area contributed by atoms with E-state index in [1.165, 1.54) is 34.9 Å². The molecule has 2 amide bonds. The lowest BCUT2D eigenvalue weighted by Crippen LogP contribution is -2.39. The van der Waals surface area contributed by atoms with E-state index in [0.29, 0.717) is 16.4 Å². The smallest absolute Gasteiger partial charge is 0.331 e. The van der Waals surface area contributed by atoms with Gasteiger partial charge in [-0.1, -0.05) is 55.2 Å². The molecule has 0 saturated heterocycles. The molecule has 0 N–H and O–H groups in total. The minimum absolute atomic E-state index is 0.0374. The van der Waals surface area contributed by atoms with Gasteiger partial charge in [0.1, 0.15) is 11.4 Å². The zero-order valence-corrected chi connectivity index (χ0v) is 21.2. The second kappa shape index (κ2) is 9.46. The molecule has 2 aromatic heterocycles. The van der Waals surface area contributed by atoms with Gasteiger partial charge in [-0.25, -0.2) is 14.0 Å². The first kappa shape index (κ1) is 24.7. The summed E-state index contributed by atoms with van der Waals surface area (Å²) in [6.07, 6.45) is 3.16. The second-order valence-corrected chi connectivity index (χ2v) is 9.45. The quantitative estimate of drug-likeness (QED) is 0.272. The maximum absolute atomic E-state index is 14.8. The van der Waals surface area contributed by atoms with Crippen molar-refractivity contribution < 1.29 is 23.7 Å². The molecule has 0 spiro atoms. The SMILES string of the molecule is CC(C)c1nn(-c2ccc(Cl)c(Cl)c2)c([O-])c1C1=C([n+]2ccccc2)C(=O)N(c2ccccc2F)C1=O. The summed E-state index contributed by atoms with van der Waals surface area (Å²) in [5, 5.41) is 18.9. The number of hydrogen-bond acceptors (Lipinski definition) is 4. The maximum Gasteiger partial charge on any atom is 0.331 e. The standard InChI is InChI=1S/C27H19Cl2FN4O3/c1-15(2)23-21(26(36)34(31-23)16-10-11-17(28)18(29)14-16)22-24(32-12-6-3-7-13-32)27(37)33(25(22)35)20-9-5-4-8-19(20)30/h3-15H,1-2H3. The highest BCUT2D eigenvalue weighted by Gasteiger charge is 2.48. The van der Waals surface area contributed by atoms with Crippen LogP contribution in [0.3, 0.4) is 0 Å². The van der Waals surface area contributed by atoms with Crippen LogP contribution in [0, 0.1) is 5.82 Å². The third-order valence-electron chi connectivity index (χ3n) is 5.94. The lowest BCUT2D eigenvalue weighted by Gasteiger charge is -2.16. The van der Waals surface area contributed by atoms with Crippen molar-refractivity contribution in [1.29, 1.82) is 0 Å². The number of para-hydroxylation sites is 1. The second-order valence-electron chi connectivity index (χ2n) is 8.63. The molecule has 3 heterocycles. The van der Waals surface area contributed by atoms with Gasteiger partial charge in [0.25, 0.3) is 11.6 Å². The molecule has 0 saturated carbocycles. The lowest BCUT2D eigenvalue weighted by molar-refractivity contribution is -0.576. The first-order valence-electron chi connectivity index (χ1n) is 11.3. The van der Waals surface area contributed by atoms with Gasteiger partial charge >= 0.3 is 5.91 Å². The number of halogens is 3. The molecule has 37 heavy (non-hydrogen) atoms. The summed E-state index contributed by atoms with van der Waals surface area (Å²) in [6, 6.07) is 15.2. The minimum atomic E-state index is -0.825. The van der Waals surface area contributed by atoms with Gasteiger partial charge in [0.2, 0.25) is 0 Å². The van der Waals surface area contributed by atoms with Crippen molar-refractivity contribution in [1.82, 2.24) is 9.78 Å². The van der Waals surface area contributed by atoms with Crippen molar-refractivity contribution in [3.8, 4) is 11.6 Å². The molecule has 7 nitrogen and oxygen atoms in total. The van der Waals surface area contributed by atoms with Crippen LogP contribution in [0.4, 0.5) is 10.1 Å². The molecule has 4 aromatic rings. The number of amides is 2. The summed E-state index contributed by atoms with van der Waals surface area (Å²) in [5.41, 5.74) is 0.147. The van der Waals surface area contributed by atoms with Crippen LogP contribution in [-0.4, -0.2) is 21.6 Å². The summed E-state index contributed by atoms with van der Waals surface area (Å²) in [6.45, 7) is 3.63. The number of rotatable bonds is 5. The number of benzene rings is 2. The molecule has 5 rings (SSSR count). The number of aromatic nitrogens is 3. The topological polar surface area (TPSA) is 82.1 Å². The van der Waals surface area contributed by atoms with E-state index in [1.807, 2.05) is 13.8 Å². The molecule has 0 atom stereocenters. The fraction of sp³-hybridized carbons (Fsp3) is 0.111. The fourth-order valence-electron chi connectivity index (χ4n) is 4.23. The average molecular weight is 537 g/mol. The largest absolute Gasteiger partial charge is 0.858 e. The fourth-order valence-corrected chi connectivity index (χ4v) is 4.52. The molecule has 186 valence electrons. The molecule has 10 heteroatoms. The predicted octanol–water partition coefficient (Wildman–Crippen LogP) is 4.74. The third kappa shape index (κ3) is 4.08. The van der Waals surface area contributed by atoms with Gasteiger partial charge in [0, 0.05) is 17.7 Å². The number of carbonyl (C=O) groups is 2. The zero-order valence-electron chi connectivity index (χ0n) is 19.7.